The molecule has 12 nitrogen and oxygen atoms in total. The number of carbonyl (C=O) groups is 3. The van der Waals surface area contributed by atoms with E-state index in [0.29, 0.717) is 28.6 Å². The summed E-state index contributed by atoms with van der Waals surface area (Å²) in [5.74, 6) is -0.664. The molecule has 0 fully saturated rings. The van der Waals surface area contributed by atoms with Crippen molar-refractivity contribution in [2.75, 3.05) is 36.6 Å². The Bertz CT molecular complexity index is 1760. The molecule has 0 spiro atoms. The van der Waals surface area contributed by atoms with Crippen molar-refractivity contribution in [3.8, 4) is 0 Å². The SMILES string of the molecule is CN(C)CCCn1cnc(NC(=O)c2cc(NC(=O)c3cc(NC(=O)c4cc5ccccc5cn4)cn3C)cn2C)c1. The first kappa shape index (κ1) is 28.3. The fourth-order valence-electron chi connectivity index (χ4n) is 4.61. The van der Waals surface area contributed by atoms with Crippen molar-refractivity contribution in [2.24, 2.45) is 14.1 Å². The molecule has 0 bridgehead atoms. The monoisotopic (exact) mass is 567 g/mol. The lowest BCUT2D eigenvalue weighted by Gasteiger charge is -2.08. The molecule has 5 rings (SSSR count). The topological polar surface area (TPSA) is 131 Å². The van der Waals surface area contributed by atoms with E-state index < -0.39 is 5.91 Å². The molecule has 4 heterocycles. The van der Waals surface area contributed by atoms with Gasteiger partial charge < -0.3 is 34.6 Å². The minimum absolute atomic E-state index is 0.273. The smallest absolute Gasteiger partial charge is 0.274 e. The zero-order valence-corrected chi connectivity index (χ0v) is 24.0. The molecule has 42 heavy (non-hydrogen) atoms. The molecule has 3 N–H and O–H groups in total. The Morgan fingerprint density at radius 2 is 1.40 bits per heavy atom. The maximum absolute atomic E-state index is 13.1. The maximum Gasteiger partial charge on any atom is 0.274 e. The van der Waals surface area contributed by atoms with Crippen LogP contribution in [0.15, 0.2) is 73.6 Å². The van der Waals surface area contributed by atoms with Gasteiger partial charge in [0.15, 0.2) is 5.82 Å². The summed E-state index contributed by atoms with van der Waals surface area (Å²) in [5.41, 5.74) is 1.86. The first-order valence-electron chi connectivity index (χ1n) is 13.4. The molecule has 0 atom stereocenters. The molecule has 0 saturated heterocycles. The van der Waals surface area contributed by atoms with Gasteiger partial charge in [0.05, 0.1) is 17.7 Å². The molecule has 0 saturated carbocycles. The summed E-state index contributed by atoms with van der Waals surface area (Å²) in [6.07, 6.45) is 9.41. The lowest BCUT2D eigenvalue weighted by atomic mass is 10.1. The Morgan fingerprint density at radius 1 is 0.786 bits per heavy atom. The lowest BCUT2D eigenvalue weighted by Crippen LogP contribution is -2.16. The van der Waals surface area contributed by atoms with E-state index in [1.165, 1.54) is 0 Å². The summed E-state index contributed by atoms with van der Waals surface area (Å²) in [6.45, 7) is 1.76. The number of aromatic nitrogens is 5. The van der Waals surface area contributed by atoms with Gasteiger partial charge in [-0.1, -0.05) is 24.3 Å². The predicted octanol–water partition coefficient (Wildman–Crippen LogP) is 3.82. The van der Waals surface area contributed by atoms with Crippen molar-refractivity contribution in [3.05, 3.63) is 90.7 Å². The van der Waals surface area contributed by atoms with Crippen LogP contribution >= 0.6 is 0 Å². The van der Waals surface area contributed by atoms with E-state index in [1.807, 2.05) is 42.9 Å². The summed E-state index contributed by atoms with van der Waals surface area (Å²) >= 11 is 0. The Hall–Kier alpha value is -5.23. The summed E-state index contributed by atoms with van der Waals surface area (Å²) in [7, 11) is 7.49. The number of hydrogen-bond donors (Lipinski definition) is 3. The van der Waals surface area contributed by atoms with E-state index in [1.54, 1.807) is 72.5 Å². The number of anilines is 3. The van der Waals surface area contributed by atoms with E-state index in [4.69, 9.17) is 0 Å². The van der Waals surface area contributed by atoms with Gasteiger partial charge in [0, 0.05) is 50.8 Å². The van der Waals surface area contributed by atoms with Crippen LogP contribution in [0.1, 0.15) is 37.9 Å². The van der Waals surface area contributed by atoms with Crippen molar-refractivity contribution in [1.29, 1.82) is 0 Å². The van der Waals surface area contributed by atoms with Crippen LogP contribution in [0.5, 0.6) is 0 Å². The zero-order valence-electron chi connectivity index (χ0n) is 24.0. The standard InChI is InChI=1S/C30H33N9O3/c1-36(2)10-7-11-39-18-27(32-19-39)35-30(42)26-14-23(17-38(26)4)34-29(41)25-13-22(16-37(25)3)33-28(40)24-12-20-8-5-6-9-21(20)15-31-24/h5-6,8-9,12-19H,7,10-11H2,1-4H3,(H,33,40)(H,34,41)(H,35,42). The summed E-state index contributed by atoms with van der Waals surface area (Å²) in [5, 5.41) is 10.3. The summed E-state index contributed by atoms with van der Waals surface area (Å²) in [4.78, 5) is 49.5. The Kier molecular flexibility index (Phi) is 8.16. The number of aryl methyl sites for hydroxylation is 3. The molecule has 0 unspecified atom stereocenters. The third kappa shape index (κ3) is 6.56. The molecule has 216 valence electrons. The number of hydrogen-bond acceptors (Lipinski definition) is 6. The van der Waals surface area contributed by atoms with E-state index in [2.05, 4.69) is 30.8 Å². The van der Waals surface area contributed by atoms with Crippen molar-refractivity contribution < 1.29 is 14.4 Å². The van der Waals surface area contributed by atoms with Crippen LogP contribution in [-0.4, -0.2) is 66.9 Å². The second kappa shape index (κ2) is 12.1. The molecule has 5 aromatic rings. The van der Waals surface area contributed by atoms with E-state index in [-0.39, 0.29) is 17.5 Å². The third-order valence-corrected chi connectivity index (χ3v) is 6.75. The molecule has 0 aliphatic carbocycles. The fraction of sp³-hybridized carbons (Fsp3) is 0.233. The molecular weight excluding hydrogens is 534 g/mol. The van der Waals surface area contributed by atoms with Gasteiger partial charge in [0.25, 0.3) is 17.7 Å². The third-order valence-electron chi connectivity index (χ3n) is 6.75. The van der Waals surface area contributed by atoms with Crippen molar-refractivity contribution in [2.45, 2.75) is 13.0 Å². The molecule has 0 aliphatic heterocycles. The second-order valence-electron chi connectivity index (χ2n) is 10.4. The van der Waals surface area contributed by atoms with E-state index >= 15 is 0 Å². The summed E-state index contributed by atoms with van der Waals surface area (Å²) in [6, 6.07) is 12.6. The number of imidazole rings is 1. The Balaban J connectivity index is 1.20. The first-order valence-corrected chi connectivity index (χ1v) is 13.4. The van der Waals surface area contributed by atoms with Crippen molar-refractivity contribution >= 4 is 45.7 Å². The highest BCUT2D eigenvalue weighted by molar-refractivity contribution is 6.08. The second-order valence-corrected chi connectivity index (χ2v) is 10.4. The number of rotatable bonds is 10. The van der Waals surface area contributed by atoms with Crippen molar-refractivity contribution in [3.63, 3.8) is 0 Å². The highest BCUT2D eigenvalue weighted by Crippen LogP contribution is 2.20. The minimum atomic E-state index is -0.393. The fourth-order valence-corrected chi connectivity index (χ4v) is 4.61. The van der Waals surface area contributed by atoms with Gasteiger partial charge in [-0.2, -0.15) is 0 Å². The van der Waals surface area contributed by atoms with Gasteiger partial charge in [-0.25, -0.2) is 4.98 Å². The molecule has 0 radical (unpaired) electrons. The number of carbonyl (C=O) groups excluding carboxylic acids is 3. The van der Waals surface area contributed by atoms with Crippen LogP contribution in [0.3, 0.4) is 0 Å². The minimum Gasteiger partial charge on any atom is -0.344 e. The molecule has 4 aromatic heterocycles. The molecule has 0 aliphatic rings. The van der Waals surface area contributed by atoms with Crippen molar-refractivity contribution in [1.82, 2.24) is 28.6 Å². The highest BCUT2D eigenvalue weighted by Gasteiger charge is 2.18. The van der Waals surface area contributed by atoms with Gasteiger partial charge in [0.2, 0.25) is 0 Å². The van der Waals surface area contributed by atoms with Gasteiger partial charge in [-0.05, 0) is 50.6 Å². The van der Waals surface area contributed by atoms with Crippen LogP contribution in [0.25, 0.3) is 10.8 Å². The van der Waals surface area contributed by atoms with Gasteiger partial charge in [0.1, 0.15) is 17.1 Å². The normalized spacial score (nSPS) is 11.2. The molecule has 3 amide bonds. The Labute approximate surface area is 243 Å². The average molecular weight is 568 g/mol. The quantitative estimate of drug-likeness (QED) is 0.235. The number of benzene rings is 1. The van der Waals surface area contributed by atoms with Gasteiger partial charge in [-0.3, -0.25) is 19.4 Å². The number of pyridine rings is 1. The number of fused-ring (bicyclic) bond motifs is 1. The average Bonchev–Trinajstić information content (AvgIpc) is 3.66. The molecular formula is C30H33N9O3. The number of amides is 3. The lowest BCUT2D eigenvalue weighted by molar-refractivity contribution is 0.101. The highest BCUT2D eigenvalue weighted by atomic mass is 16.2. The number of nitrogens with zero attached hydrogens (tertiary/aromatic N) is 6. The summed E-state index contributed by atoms with van der Waals surface area (Å²) < 4.78 is 5.18. The first-order chi connectivity index (χ1) is 20.2. The van der Waals surface area contributed by atoms with E-state index in [0.717, 1.165) is 30.3 Å². The van der Waals surface area contributed by atoms with Gasteiger partial charge in [-0.15, -0.1) is 0 Å². The molecule has 12 heteroatoms. The maximum atomic E-state index is 13.1. The van der Waals surface area contributed by atoms with Crippen LogP contribution < -0.4 is 16.0 Å². The van der Waals surface area contributed by atoms with Crippen LogP contribution in [0, 0.1) is 0 Å². The van der Waals surface area contributed by atoms with Gasteiger partial charge >= 0.3 is 0 Å². The largest absolute Gasteiger partial charge is 0.344 e. The van der Waals surface area contributed by atoms with Crippen LogP contribution in [0.4, 0.5) is 17.2 Å². The predicted molar refractivity (Wildman–Crippen MR) is 162 cm³/mol. The Morgan fingerprint density at radius 3 is 2.07 bits per heavy atom. The zero-order chi connectivity index (χ0) is 29.8. The van der Waals surface area contributed by atoms with Crippen LogP contribution in [-0.2, 0) is 20.6 Å². The molecule has 1 aromatic carbocycles. The number of nitrogens with one attached hydrogen (secondary N) is 3. The van der Waals surface area contributed by atoms with Crippen LogP contribution in [0.2, 0.25) is 0 Å². The van der Waals surface area contributed by atoms with E-state index in [9.17, 15) is 14.4 Å².